The zero-order valence-electron chi connectivity index (χ0n) is 13.6. The molecule has 1 atom stereocenters. The first kappa shape index (κ1) is 19.4. The monoisotopic (exact) mass is 382 g/mol. The largest absolute Gasteiger partial charge is 0.354 e. The third-order valence-corrected chi connectivity index (χ3v) is 5.85. The number of carbonyl (C=O) groups is 1. The quantitative estimate of drug-likeness (QED) is 0.543. The lowest BCUT2D eigenvalue weighted by Crippen LogP contribution is -2.45. The lowest BCUT2D eigenvalue weighted by atomic mass is 10.3. The van der Waals surface area contributed by atoms with Crippen LogP contribution in [0.5, 0.6) is 0 Å². The summed E-state index contributed by atoms with van der Waals surface area (Å²) < 4.78 is 40.1. The Labute approximate surface area is 151 Å². The van der Waals surface area contributed by atoms with E-state index in [9.17, 15) is 17.6 Å². The van der Waals surface area contributed by atoms with Crippen LogP contribution in [0.25, 0.3) is 0 Å². The Morgan fingerprint density at radius 3 is 2.44 bits per heavy atom. The molecule has 2 aromatic rings. The number of amides is 1. The SMILES string of the molecule is C[C@H](NS(=O)(=O)c1ccccc1F)C(=O)NCCSc1ccccc1. The molecule has 0 radical (unpaired) electrons. The predicted octanol–water partition coefficient (Wildman–Crippen LogP) is 2.40. The molecule has 0 unspecified atom stereocenters. The van der Waals surface area contributed by atoms with E-state index in [2.05, 4.69) is 10.0 Å². The number of thioether (sulfide) groups is 1. The molecule has 5 nitrogen and oxygen atoms in total. The topological polar surface area (TPSA) is 75.3 Å². The van der Waals surface area contributed by atoms with E-state index >= 15 is 0 Å². The van der Waals surface area contributed by atoms with Crippen LogP contribution in [0.3, 0.4) is 0 Å². The van der Waals surface area contributed by atoms with Crippen molar-refractivity contribution in [3.8, 4) is 0 Å². The van der Waals surface area contributed by atoms with Crippen LogP contribution >= 0.6 is 11.8 Å². The van der Waals surface area contributed by atoms with Crippen LogP contribution in [0.1, 0.15) is 6.92 Å². The van der Waals surface area contributed by atoms with E-state index in [1.807, 2.05) is 30.3 Å². The van der Waals surface area contributed by atoms with Crippen LogP contribution in [0.15, 0.2) is 64.4 Å². The first-order valence-corrected chi connectivity index (χ1v) is 10.1. The number of benzene rings is 2. The van der Waals surface area contributed by atoms with Gasteiger partial charge in [-0.25, -0.2) is 12.8 Å². The summed E-state index contributed by atoms with van der Waals surface area (Å²) in [6.07, 6.45) is 0. The number of hydrogen-bond donors (Lipinski definition) is 2. The molecule has 0 saturated carbocycles. The number of halogens is 1. The van der Waals surface area contributed by atoms with Crippen molar-refractivity contribution in [1.82, 2.24) is 10.0 Å². The second-order valence-corrected chi connectivity index (χ2v) is 8.08. The molecule has 1 amide bonds. The predicted molar refractivity (Wildman–Crippen MR) is 96.4 cm³/mol. The smallest absolute Gasteiger partial charge is 0.244 e. The molecule has 2 aromatic carbocycles. The average Bonchev–Trinajstić information content (AvgIpc) is 2.59. The fourth-order valence-electron chi connectivity index (χ4n) is 2.03. The molecule has 0 saturated heterocycles. The van der Waals surface area contributed by atoms with Crippen molar-refractivity contribution < 1.29 is 17.6 Å². The molecule has 0 fully saturated rings. The second-order valence-electron chi connectivity index (χ2n) is 5.23. The lowest BCUT2D eigenvalue weighted by Gasteiger charge is -2.14. The summed E-state index contributed by atoms with van der Waals surface area (Å²) in [7, 11) is -4.10. The third kappa shape index (κ3) is 5.84. The molecule has 0 spiro atoms. The average molecular weight is 382 g/mol. The molecular formula is C17H19FN2O3S2. The zero-order valence-corrected chi connectivity index (χ0v) is 15.2. The maximum absolute atomic E-state index is 13.6. The molecule has 25 heavy (non-hydrogen) atoms. The summed E-state index contributed by atoms with van der Waals surface area (Å²) in [5.74, 6) is -0.668. The summed E-state index contributed by atoms with van der Waals surface area (Å²) in [5, 5.41) is 2.66. The van der Waals surface area contributed by atoms with Crippen LogP contribution in [-0.2, 0) is 14.8 Å². The van der Waals surface area contributed by atoms with E-state index < -0.39 is 32.7 Å². The minimum absolute atomic E-state index is 0.393. The van der Waals surface area contributed by atoms with Gasteiger partial charge in [0.05, 0.1) is 6.04 Å². The van der Waals surface area contributed by atoms with Gasteiger partial charge in [0.15, 0.2) is 0 Å². The summed E-state index contributed by atoms with van der Waals surface area (Å²) in [6.45, 7) is 1.81. The van der Waals surface area contributed by atoms with Crippen LogP contribution < -0.4 is 10.0 Å². The van der Waals surface area contributed by atoms with Crippen molar-refractivity contribution in [2.24, 2.45) is 0 Å². The van der Waals surface area contributed by atoms with Crippen molar-refractivity contribution in [1.29, 1.82) is 0 Å². The molecule has 0 aliphatic carbocycles. The molecule has 8 heteroatoms. The summed E-state index contributed by atoms with van der Waals surface area (Å²) in [4.78, 5) is 12.6. The summed E-state index contributed by atoms with van der Waals surface area (Å²) >= 11 is 1.58. The molecule has 134 valence electrons. The number of rotatable bonds is 8. The van der Waals surface area contributed by atoms with Gasteiger partial charge in [-0.05, 0) is 31.2 Å². The highest BCUT2D eigenvalue weighted by Gasteiger charge is 2.24. The van der Waals surface area contributed by atoms with Gasteiger partial charge in [0.2, 0.25) is 15.9 Å². The molecular weight excluding hydrogens is 363 g/mol. The van der Waals surface area contributed by atoms with Crippen LogP contribution in [0.2, 0.25) is 0 Å². The molecule has 2 rings (SSSR count). The first-order chi connectivity index (χ1) is 11.9. The van der Waals surface area contributed by atoms with Crippen LogP contribution in [0.4, 0.5) is 4.39 Å². The summed E-state index contributed by atoms with van der Waals surface area (Å²) in [6, 6.07) is 13.7. The Bertz CT molecular complexity index is 814. The van der Waals surface area contributed by atoms with Gasteiger partial charge in [-0.15, -0.1) is 11.8 Å². The van der Waals surface area contributed by atoms with Gasteiger partial charge < -0.3 is 5.32 Å². The molecule has 0 aliphatic heterocycles. The van der Waals surface area contributed by atoms with E-state index in [4.69, 9.17) is 0 Å². The first-order valence-electron chi connectivity index (χ1n) is 7.62. The standard InChI is InChI=1S/C17H19FN2O3S2/c1-13(20-25(22,23)16-10-6-5-9-15(16)18)17(21)19-11-12-24-14-7-3-2-4-8-14/h2-10,13,20H,11-12H2,1H3,(H,19,21)/t13-/m0/s1. The van der Waals surface area contributed by atoms with Crippen LogP contribution in [0, 0.1) is 5.82 Å². The fraction of sp³-hybridized carbons (Fsp3) is 0.235. The Morgan fingerprint density at radius 2 is 1.76 bits per heavy atom. The zero-order chi connectivity index (χ0) is 18.3. The Balaban J connectivity index is 1.82. The Morgan fingerprint density at radius 1 is 1.12 bits per heavy atom. The van der Waals surface area contributed by atoms with Gasteiger partial charge in [-0.2, -0.15) is 4.72 Å². The number of hydrogen-bond acceptors (Lipinski definition) is 4. The molecule has 2 N–H and O–H groups in total. The highest BCUT2D eigenvalue weighted by molar-refractivity contribution is 7.99. The van der Waals surface area contributed by atoms with E-state index in [0.29, 0.717) is 12.3 Å². The van der Waals surface area contributed by atoms with E-state index in [1.54, 1.807) is 11.8 Å². The minimum atomic E-state index is -4.10. The maximum atomic E-state index is 13.6. The normalized spacial score (nSPS) is 12.6. The number of sulfonamides is 1. The van der Waals surface area contributed by atoms with Crippen molar-refractivity contribution >= 4 is 27.7 Å². The van der Waals surface area contributed by atoms with Crippen molar-refractivity contribution in [3.63, 3.8) is 0 Å². The highest BCUT2D eigenvalue weighted by Crippen LogP contribution is 2.16. The minimum Gasteiger partial charge on any atom is -0.354 e. The van der Waals surface area contributed by atoms with Gasteiger partial charge in [-0.3, -0.25) is 4.79 Å². The molecule has 0 heterocycles. The lowest BCUT2D eigenvalue weighted by molar-refractivity contribution is -0.122. The maximum Gasteiger partial charge on any atom is 0.244 e. The highest BCUT2D eigenvalue weighted by atomic mass is 32.2. The van der Waals surface area contributed by atoms with E-state index in [0.717, 1.165) is 17.0 Å². The Kier molecular flexibility index (Phi) is 6.98. The van der Waals surface area contributed by atoms with Gasteiger partial charge >= 0.3 is 0 Å². The summed E-state index contributed by atoms with van der Waals surface area (Å²) in [5.41, 5.74) is 0. The van der Waals surface area contributed by atoms with Gasteiger partial charge in [0, 0.05) is 17.2 Å². The fourth-order valence-corrected chi connectivity index (χ4v) is 4.10. The Hall–Kier alpha value is -1.90. The van der Waals surface area contributed by atoms with Crippen molar-refractivity contribution in [2.45, 2.75) is 22.8 Å². The molecule has 0 aromatic heterocycles. The van der Waals surface area contributed by atoms with Crippen molar-refractivity contribution in [2.75, 3.05) is 12.3 Å². The van der Waals surface area contributed by atoms with Gasteiger partial charge in [0.1, 0.15) is 10.7 Å². The van der Waals surface area contributed by atoms with E-state index in [-0.39, 0.29) is 0 Å². The van der Waals surface area contributed by atoms with Gasteiger partial charge in [0.25, 0.3) is 0 Å². The molecule has 0 bridgehead atoms. The number of carbonyl (C=O) groups excluding carboxylic acids is 1. The van der Waals surface area contributed by atoms with E-state index in [1.165, 1.54) is 19.1 Å². The number of nitrogens with one attached hydrogen (secondary N) is 2. The van der Waals surface area contributed by atoms with Crippen LogP contribution in [-0.4, -0.2) is 32.7 Å². The third-order valence-electron chi connectivity index (χ3n) is 3.26. The van der Waals surface area contributed by atoms with Crippen molar-refractivity contribution in [3.05, 3.63) is 60.4 Å². The molecule has 0 aliphatic rings. The van der Waals surface area contributed by atoms with Gasteiger partial charge in [-0.1, -0.05) is 30.3 Å². The second kappa shape index (κ2) is 8.98.